The molecule has 3 atom stereocenters. The molecule has 1 aromatic carbocycles. The first-order valence-corrected chi connectivity index (χ1v) is 9.22. The van der Waals surface area contributed by atoms with Crippen molar-refractivity contribution in [1.29, 1.82) is 0 Å². The zero-order valence-corrected chi connectivity index (χ0v) is 14.8. The second kappa shape index (κ2) is 5.97. The summed E-state index contributed by atoms with van der Waals surface area (Å²) in [5, 5.41) is 6.36. The van der Waals surface area contributed by atoms with Crippen LogP contribution in [-0.4, -0.2) is 22.4 Å². The lowest BCUT2D eigenvalue weighted by atomic mass is 9.75. The molecule has 1 spiro atoms. The number of benzene rings is 1. The van der Waals surface area contributed by atoms with Crippen LogP contribution in [0, 0.1) is 17.3 Å². The first kappa shape index (κ1) is 16.1. The number of fused-ring (bicyclic) bond motifs is 4. The highest BCUT2D eigenvalue weighted by Gasteiger charge is 2.54. The largest absolute Gasteiger partial charge is 0.471 e. The lowest BCUT2D eigenvalue weighted by Crippen LogP contribution is -2.43. The first-order valence-electron chi connectivity index (χ1n) is 9.22. The van der Waals surface area contributed by atoms with E-state index in [1.807, 2.05) is 30.3 Å². The van der Waals surface area contributed by atoms with Crippen molar-refractivity contribution in [3.8, 4) is 5.88 Å². The third-order valence-corrected chi connectivity index (χ3v) is 5.88. The summed E-state index contributed by atoms with van der Waals surface area (Å²) in [6, 6.07) is 9.83. The van der Waals surface area contributed by atoms with E-state index in [2.05, 4.69) is 32.8 Å². The molecule has 3 aliphatic rings. The molecule has 2 aromatic rings. The van der Waals surface area contributed by atoms with E-state index < -0.39 is 5.41 Å². The fraction of sp³-hybridized carbons (Fsp3) is 0.350. The van der Waals surface area contributed by atoms with Gasteiger partial charge < -0.3 is 21.1 Å². The monoisotopic (exact) mass is 363 g/mol. The smallest absolute Gasteiger partial charge is 0.244 e. The Morgan fingerprint density at radius 1 is 1.22 bits per heavy atom. The number of carbonyl (C=O) groups is 1. The SMILES string of the molecule is Nc1nc2c(c(OCc3ccccc3)n1)NCC1(CC3C=CC1C3)C(=O)N2. The van der Waals surface area contributed by atoms with Gasteiger partial charge in [0, 0.05) is 6.54 Å². The molecular formula is C20H21N5O2. The van der Waals surface area contributed by atoms with Crippen molar-refractivity contribution < 1.29 is 9.53 Å². The number of nitrogens with two attached hydrogens (primary N) is 1. The van der Waals surface area contributed by atoms with Gasteiger partial charge in [-0.15, -0.1) is 0 Å². The molecular weight excluding hydrogens is 342 g/mol. The molecule has 2 heterocycles. The van der Waals surface area contributed by atoms with Gasteiger partial charge in [0.2, 0.25) is 17.7 Å². The molecule has 1 fully saturated rings. The number of anilines is 3. The van der Waals surface area contributed by atoms with E-state index in [1.165, 1.54) is 0 Å². The summed E-state index contributed by atoms with van der Waals surface area (Å²) in [6.45, 7) is 0.893. The van der Waals surface area contributed by atoms with Gasteiger partial charge in [-0.1, -0.05) is 42.5 Å². The summed E-state index contributed by atoms with van der Waals surface area (Å²) in [5.74, 6) is 1.55. The fourth-order valence-corrected chi connectivity index (χ4v) is 4.51. The maximum Gasteiger partial charge on any atom is 0.244 e. The van der Waals surface area contributed by atoms with E-state index in [-0.39, 0.29) is 17.8 Å². The third-order valence-electron chi connectivity index (χ3n) is 5.88. The standard InChI is InChI=1S/C20H21N5O2/c21-19-24-16-15(17(25-19)27-10-12-4-2-1-3-5-12)22-11-20(18(26)23-16)9-13-6-7-14(20)8-13/h1-7,13-14,22H,8-11H2,(H3,21,23,24,25,26). The van der Waals surface area contributed by atoms with Crippen LogP contribution in [-0.2, 0) is 11.4 Å². The summed E-state index contributed by atoms with van der Waals surface area (Å²) >= 11 is 0. The molecule has 0 saturated heterocycles. The predicted octanol–water partition coefficient (Wildman–Crippen LogP) is 2.58. The summed E-state index contributed by atoms with van der Waals surface area (Å²) in [7, 11) is 0. The number of hydrogen-bond donors (Lipinski definition) is 3. The highest BCUT2D eigenvalue weighted by Crippen LogP contribution is 2.54. The van der Waals surface area contributed by atoms with Crippen LogP contribution >= 0.6 is 0 Å². The van der Waals surface area contributed by atoms with Crippen molar-refractivity contribution in [3.63, 3.8) is 0 Å². The Labute approximate surface area is 157 Å². The van der Waals surface area contributed by atoms with Crippen LogP contribution in [0.3, 0.4) is 0 Å². The van der Waals surface area contributed by atoms with Gasteiger partial charge in [-0.25, -0.2) is 0 Å². The molecule has 1 amide bonds. The van der Waals surface area contributed by atoms with Gasteiger partial charge in [-0.3, -0.25) is 4.79 Å². The number of nitrogens with zero attached hydrogens (tertiary/aromatic N) is 2. The number of ether oxygens (including phenoxy) is 1. The number of nitrogen functional groups attached to an aromatic ring is 1. The number of hydrogen-bond acceptors (Lipinski definition) is 6. The van der Waals surface area contributed by atoms with E-state index in [0.29, 0.717) is 36.5 Å². The number of amides is 1. The molecule has 4 N–H and O–H groups in total. The lowest BCUT2D eigenvalue weighted by molar-refractivity contribution is -0.126. The highest BCUT2D eigenvalue weighted by molar-refractivity contribution is 6.00. The molecule has 3 unspecified atom stereocenters. The molecule has 27 heavy (non-hydrogen) atoms. The van der Waals surface area contributed by atoms with Crippen LogP contribution in [0.25, 0.3) is 0 Å². The topological polar surface area (TPSA) is 102 Å². The normalized spacial score (nSPS) is 27.8. The van der Waals surface area contributed by atoms with Gasteiger partial charge in [0.15, 0.2) is 5.82 Å². The van der Waals surface area contributed by atoms with Crippen molar-refractivity contribution >= 4 is 23.4 Å². The van der Waals surface area contributed by atoms with Crippen LogP contribution in [0.5, 0.6) is 5.88 Å². The van der Waals surface area contributed by atoms with Gasteiger partial charge >= 0.3 is 0 Å². The van der Waals surface area contributed by atoms with Crippen molar-refractivity contribution in [2.75, 3.05) is 22.9 Å². The van der Waals surface area contributed by atoms with Gasteiger partial charge in [-0.05, 0) is 30.2 Å². The Morgan fingerprint density at radius 2 is 2.07 bits per heavy atom. The number of allylic oxidation sites excluding steroid dienone is 2. The molecule has 0 radical (unpaired) electrons. The number of aromatic nitrogens is 2. The zero-order valence-electron chi connectivity index (χ0n) is 14.8. The van der Waals surface area contributed by atoms with E-state index in [0.717, 1.165) is 18.4 Å². The van der Waals surface area contributed by atoms with E-state index in [4.69, 9.17) is 10.5 Å². The maximum atomic E-state index is 13.1. The molecule has 2 bridgehead atoms. The fourth-order valence-electron chi connectivity index (χ4n) is 4.51. The molecule has 1 saturated carbocycles. The maximum absolute atomic E-state index is 13.1. The summed E-state index contributed by atoms with van der Waals surface area (Å²) in [4.78, 5) is 21.5. The van der Waals surface area contributed by atoms with Gasteiger partial charge in [0.25, 0.3) is 0 Å². The summed E-state index contributed by atoms with van der Waals surface area (Å²) < 4.78 is 5.92. The van der Waals surface area contributed by atoms with Crippen LogP contribution in [0.2, 0.25) is 0 Å². The Morgan fingerprint density at radius 3 is 2.81 bits per heavy atom. The van der Waals surface area contributed by atoms with E-state index in [1.54, 1.807) is 0 Å². The second-order valence-corrected chi connectivity index (χ2v) is 7.54. The number of nitrogens with one attached hydrogen (secondary N) is 2. The predicted molar refractivity (Wildman–Crippen MR) is 102 cm³/mol. The third kappa shape index (κ3) is 2.61. The quantitative estimate of drug-likeness (QED) is 0.725. The summed E-state index contributed by atoms with van der Waals surface area (Å²) in [5.41, 5.74) is 7.03. The average Bonchev–Trinajstić information content (AvgIpc) is 3.24. The minimum atomic E-state index is -0.453. The molecule has 138 valence electrons. The minimum absolute atomic E-state index is 0.00212. The van der Waals surface area contributed by atoms with Crippen molar-refractivity contribution in [1.82, 2.24) is 9.97 Å². The van der Waals surface area contributed by atoms with Crippen LogP contribution in [0.4, 0.5) is 17.5 Å². The number of carbonyl (C=O) groups excluding carboxylic acids is 1. The Kier molecular flexibility index (Phi) is 3.56. The highest BCUT2D eigenvalue weighted by atomic mass is 16.5. The van der Waals surface area contributed by atoms with E-state index in [9.17, 15) is 4.79 Å². The minimum Gasteiger partial charge on any atom is -0.471 e. The van der Waals surface area contributed by atoms with Crippen molar-refractivity contribution in [2.45, 2.75) is 19.4 Å². The van der Waals surface area contributed by atoms with Crippen molar-refractivity contribution in [3.05, 3.63) is 48.0 Å². The Bertz CT molecular complexity index is 929. The van der Waals surface area contributed by atoms with Gasteiger partial charge in [0.05, 0.1) is 5.41 Å². The molecule has 1 aliphatic heterocycles. The molecule has 5 rings (SSSR count). The summed E-state index contributed by atoms with van der Waals surface area (Å²) in [6.07, 6.45) is 6.30. The lowest BCUT2D eigenvalue weighted by Gasteiger charge is -2.32. The molecule has 7 nitrogen and oxygen atoms in total. The first-order chi connectivity index (χ1) is 13.1. The van der Waals surface area contributed by atoms with Crippen LogP contribution < -0.4 is 21.1 Å². The second-order valence-electron chi connectivity index (χ2n) is 7.54. The zero-order chi connectivity index (χ0) is 18.4. The van der Waals surface area contributed by atoms with E-state index >= 15 is 0 Å². The molecule has 2 aliphatic carbocycles. The van der Waals surface area contributed by atoms with Crippen LogP contribution in [0.1, 0.15) is 18.4 Å². The average molecular weight is 363 g/mol. The van der Waals surface area contributed by atoms with Gasteiger partial charge in [-0.2, -0.15) is 9.97 Å². The van der Waals surface area contributed by atoms with Crippen LogP contribution in [0.15, 0.2) is 42.5 Å². The van der Waals surface area contributed by atoms with Crippen molar-refractivity contribution in [2.24, 2.45) is 17.3 Å². The Balaban J connectivity index is 1.45. The molecule has 1 aromatic heterocycles. The Hall–Kier alpha value is -3.09. The molecule has 7 heteroatoms. The van der Waals surface area contributed by atoms with Gasteiger partial charge in [0.1, 0.15) is 12.3 Å². The number of rotatable bonds is 3.